The maximum absolute atomic E-state index is 11.7. The van der Waals surface area contributed by atoms with Crippen LogP contribution in [0.3, 0.4) is 0 Å². The highest BCUT2D eigenvalue weighted by molar-refractivity contribution is 5.93. The number of anilines is 1. The number of carbonyl (C=O) groups excluding carboxylic acids is 1. The molecule has 1 aliphatic rings. The molecule has 1 aromatic carbocycles. The fourth-order valence-corrected chi connectivity index (χ4v) is 1.88. The van der Waals surface area contributed by atoms with Crippen LogP contribution in [0.5, 0.6) is 11.5 Å². The predicted molar refractivity (Wildman–Crippen MR) is 73.6 cm³/mol. The van der Waals surface area contributed by atoms with E-state index in [-0.39, 0.29) is 30.0 Å². The van der Waals surface area contributed by atoms with E-state index in [4.69, 9.17) is 14.6 Å². The predicted octanol–water partition coefficient (Wildman–Crippen LogP) is 1.47. The summed E-state index contributed by atoms with van der Waals surface area (Å²) >= 11 is 0. The molecular weight excluding hydrogens is 280 g/mol. The SMILES string of the molecule is CC(O)CCC(=O)Nc1cc2c(cc1[N+](=O)[O-])OCCO2. The van der Waals surface area contributed by atoms with Crippen LogP contribution in [0.1, 0.15) is 19.8 Å². The molecule has 1 amide bonds. The number of aliphatic hydroxyl groups is 1. The zero-order valence-electron chi connectivity index (χ0n) is 11.5. The Hall–Kier alpha value is -2.35. The van der Waals surface area contributed by atoms with Gasteiger partial charge in [-0.15, -0.1) is 0 Å². The first-order valence-corrected chi connectivity index (χ1v) is 6.53. The lowest BCUT2D eigenvalue weighted by Crippen LogP contribution is -2.18. The number of nitrogens with zero attached hydrogens (tertiary/aromatic N) is 1. The third kappa shape index (κ3) is 3.82. The number of rotatable bonds is 5. The summed E-state index contributed by atoms with van der Waals surface area (Å²) in [6.07, 6.45) is -0.251. The number of carbonyl (C=O) groups is 1. The van der Waals surface area contributed by atoms with Crippen LogP contribution in [-0.4, -0.2) is 35.3 Å². The Morgan fingerprint density at radius 2 is 2.05 bits per heavy atom. The minimum Gasteiger partial charge on any atom is -0.486 e. The van der Waals surface area contributed by atoms with Crippen molar-refractivity contribution in [3.8, 4) is 11.5 Å². The first-order chi connectivity index (χ1) is 9.97. The number of aliphatic hydroxyl groups excluding tert-OH is 1. The van der Waals surface area contributed by atoms with Crippen molar-refractivity contribution in [1.29, 1.82) is 0 Å². The molecule has 1 heterocycles. The van der Waals surface area contributed by atoms with Crippen LogP contribution in [0.25, 0.3) is 0 Å². The van der Waals surface area contributed by atoms with Crippen LogP contribution >= 0.6 is 0 Å². The second-order valence-corrected chi connectivity index (χ2v) is 4.71. The Kier molecular flexibility index (Phi) is 4.59. The Bertz CT molecular complexity index is 558. The molecule has 8 heteroatoms. The molecule has 0 spiro atoms. The fraction of sp³-hybridized carbons (Fsp3) is 0.462. The van der Waals surface area contributed by atoms with Crippen molar-refractivity contribution in [3.05, 3.63) is 22.2 Å². The first-order valence-electron chi connectivity index (χ1n) is 6.53. The van der Waals surface area contributed by atoms with E-state index in [1.165, 1.54) is 12.1 Å². The van der Waals surface area contributed by atoms with E-state index in [0.717, 1.165) is 0 Å². The number of hydrogen-bond donors (Lipinski definition) is 2. The van der Waals surface area contributed by atoms with Gasteiger partial charge in [-0.2, -0.15) is 0 Å². The van der Waals surface area contributed by atoms with Gasteiger partial charge in [-0.25, -0.2) is 0 Å². The van der Waals surface area contributed by atoms with Gasteiger partial charge in [-0.05, 0) is 13.3 Å². The molecule has 8 nitrogen and oxygen atoms in total. The number of benzene rings is 1. The maximum Gasteiger partial charge on any atom is 0.296 e. The third-order valence-corrected chi connectivity index (χ3v) is 2.92. The summed E-state index contributed by atoms with van der Waals surface area (Å²) in [7, 11) is 0. The first kappa shape index (κ1) is 15.0. The van der Waals surface area contributed by atoms with Crippen molar-refractivity contribution >= 4 is 17.3 Å². The summed E-state index contributed by atoms with van der Waals surface area (Å²) < 4.78 is 10.6. The Labute approximate surface area is 120 Å². The van der Waals surface area contributed by atoms with Gasteiger partial charge in [-0.1, -0.05) is 0 Å². The van der Waals surface area contributed by atoms with E-state index in [2.05, 4.69) is 5.32 Å². The zero-order chi connectivity index (χ0) is 15.4. The maximum atomic E-state index is 11.7. The smallest absolute Gasteiger partial charge is 0.296 e. The van der Waals surface area contributed by atoms with Gasteiger partial charge < -0.3 is 19.9 Å². The molecule has 0 saturated carbocycles. The summed E-state index contributed by atoms with van der Waals surface area (Å²) in [4.78, 5) is 22.2. The van der Waals surface area contributed by atoms with Crippen molar-refractivity contribution in [2.24, 2.45) is 0 Å². The molecule has 0 aromatic heterocycles. The number of amides is 1. The lowest BCUT2D eigenvalue weighted by Gasteiger charge is -2.19. The normalized spacial score (nSPS) is 14.4. The Morgan fingerprint density at radius 1 is 1.43 bits per heavy atom. The second kappa shape index (κ2) is 6.40. The van der Waals surface area contributed by atoms with Gasteiger partial charge in [0, 0.05) is 12.5 Å². The monoisotopic (exact) mass is 296 g/mol. The summed E-state index contributed by atoms with van der Waals surface area (Å²) in [5, 5.41) is 22.7. The molecule has 2 N–H and O–H groups in total. The van der Waals surface area contributed by atoms with Crippen molar-refractivity contribution in [1.82, 2.24) is 0 Å². The number of nitrogens with one attached hydrogen (secondary N) is 1. The molecule has 0 fully saturated rings. The quantitative estimate of drug-likeness (QED) is 0.628. The summed E-state index contributed by atoms with van der Waals surface area (Å²) in [6.45, 7) is 2.24. The number of nitro groups is 1. The van der Waals surface area contributed by atoms with Crippen LogP contribution in [0.15, 0.2) is 12.1 Å². The molecule has 1 aromatic rings. The van der Waals surface area contributed by atoms with Gasteiger partial charge in [0.05, 0.1) is 17.1 Å². The summed E-state index contributed by atoms with van der Waals surface area (Å²) in [5.41, 5.74) is -0.204. The highest BCUT2D eigenvalue weighted by Gasteiger charge is 2.23. The van der Waals surface area contributed by atoms with Crippen LogP contribution in [0.2, 0.25) is 0 Å². The molecule has 0 radical (unpaired) electrons. The molecule has 0 saturated heterocycles. The molecule has 114 valence electrons. The minimum atomic E-state index is -0.606. The van der Waals surface area contributed by atoms with Crippen molar-refractivity contribution in [2.45, 2.75) is 25.9 Å². The number of hydrogen-bond acceptors (Lipinski definition) is 6. The highest BCUT2D eigenvalue weighted by atomic mass is 16.6. The largest absolute Gasteiger partial charge is 0.486 e. The van der Waals surface area contributed by atoms with Crippen molar-refractivity contribution < 1.29 is 24.3 Å². The molecule has 1 aliphatic heterocycles. The van der Waals surface area contributed by atoms with E-state index in [1.807, 2.05) is 0 Å². The van der Waals surface area contributed by atoms with E-state index in [1.54, 1.807) is 6.92 Å². The molecular formula is C13H16N2O6. The zero-order valence-corrected chi connectivity index (χ0v) is 11.5. The van der Waals surface area contributed by atoms with Gasteiger partial charge in [-0.3, -0.25) is 14.9 Å². The number of ether oxygens (including phenoxy) is 2. The average molecular weight is 296 g/mol. The lowest BCUT2D eigenvalue weighted by atomic mass is 10.2. The highest BCUT2D eigenvalue weighted by Crippen LogP contribution is 2.39. The van der Waals surface area contributed by atoms with Crippen molar-refractivity contribution in [2.75, 3.05) is 18.5 Å². The third-order valence-electron chi connectivity index (χ3n) is 2.92. The Balaban J connectivity index is 2.20. The van der Waals surface area contributed by atoms with E-state index < -0.39 is 16.9 Å². The lowest BCUT2D eigenvalue weighted by molar-refractivity contribution is -0.384. The average Bonchev–Trinajstić information content (AvgIpc) is 2.44. The molecule has 2 rings (SSSR count). The Morgan fingerprint density at radius 3 is 2.62 bits per heavy atom. The van der Waals surface area contributed by atoms with E-state index in [9.17, 15) is 14.9 Å². The summed E-state index contributed by atoms with van der Waals surface area (Å²) in [5.74, 6) is 0.239. The fourth-order valence-electron chi connectivity index (χ4n) is 1.88. The number of nitro benzene ring substituents is 1. The van der Waals surface area contributed by atoms with Gasteiger partial charge >= 0.3 is 0 Å². The molecule has 21 heavy (non-hydrogen) atoms. The van der Waals surface area contributed by atoms with E-state index >= 15 is 0 Å². The second-order valence-electron chi connectivity index (χ2n) is 4.71. The molecule has 0 bridgehead atoms. The molecule has 1 atom stereocenters. The van der Waals surface area contributed by atoms with Gasteiger partial charge in [0.2, 0.25) is 5.91 Å². The molecule has 0 aliphatic carbocycles. The van der Waals surface area contributed by atoms with Crippen LogP contribution in [0, 0.1) is 10.1 Å². The minimum absolute atomic E-state index is 0.0554. The van der Waals surface area contributed by atoms with Crippen LogP contribution in [-0.2, 0) is 4.79 Å². The van der Waals surface area contributed by atoms with Crippen LogP contribution < -0.4 is 14.8 Å². The van der Waals surface area contributed by atoms with Gasteiger partial charge in [0.15, 0.2) is 11.5 Å². The summed E-state index contributed by atoms with van der Waals surface area (Å²) in [6, 6.07) is 2.62. The van der Waals surface area contributed by atoms with Gasteiger partial charge in [0.1, 0.15) is 18.9 Å². The standard InChI is InChI=1S/C13H16N2O6/c1-8(16)2-3-13(17)14-9-6-11-12(21-5-4-20-11)7-10(9)15(18)19/h6-8,16H,2-5H2,1H3,(H,14,17). The van der Waals surface area contributed by atoms with Gasteiger partial charge in [0.25, 0.3) is 5.69 Å². The molecule has 1 unspecified atom stereocenters. The van der Waals surface area contributed by atoms with Crippen LogP contribution in [0.4, 0.5) is 11.4 Å². The van der Waals surface area contributed by atoms with E-state index in [0.29, 0.717) is 19.0 Å². The topological polar surface area (TPSA) is 111 Å². The van der Waals surface area contributed by atoms with Crippen molar-refractivity contribution in [3.63, 3.8) is 0 Å². The number of fused-ring (bicyclic) bond motifs is 1.